The molecule has 0 saturated carbocycles. The molecule has 9 nitrogen and oxygen atoms in total. The Hall–Kier alpha value is -2.71. The smallest absolute Gasteiger partial charge is 0.276 e. The van der Waals surface area contributed by atoms with Gasteiger partial charge in [0.1, 0.15) is 5.82 Å². The highest BCUT2D eigenvalue weighted by atomic mass is 16.2. The Kier molecular flexibility index (Phi) is 4.91. The van der Waals surface area contributed by atoms with Crippen molar-refractivity contribution in [2.75, 3.05) is 49.1 Å². The van der Waals surface area contributed by atoms with Crippen LogP contribution in [0.25, 0.3) is 0 Å². The number of hydrogen-bond acceptors (Lipinski definition) is 7. The van der Waals surface area contributed by atoms with Crippen LogP contribution in [-0.4, -0.2) is 75.0 Å². The summed E-state index contributed by atoms with van der Waals surface area (Å²) in [4.78, 5) is 28.3. The molecule has 2 fully saturated rings. The van der Waals surface area contributed by atoms with Crippen LogP contribution < -0.4 is 9.80 Å². The van der Waals surface area contributed by atoms with Gasteiger partial charge in [-0.15, -0.1) is 5.10 Å². The van der Waals surface area contributed by atoms with Crippen LogP contribution in [0.5, 0.6) is 0 Å². The molecule has 2 saturated heterocycles. The van der Waals surface area contributed by atoms with Crippen LogP contribution >= 0.6 is 0 Å². The molecule has 4 heterocycles. The average molecular weight is 370 g/mol. The number of carbonyl (C=O) groups is 1. The van der Waals surface area contributed by atoms with Crippen molar-refractivity contribution in [3.8, 4) is 0 Å². The third-order valence-corrected chi connectivity index (χ3v) is 5.18. The highest BCUT2D eigenvalue weighted by molar-refractivity contribution is 5.92. The van der Waals surface area contributed by atoms with Crippen LogP contribution in [0.4, 0.5) is 11.8 Å². The summed E-state index contributed by atoms with van der Waals surface area (Å²) in [6, 6.07) is 2.07. The SMILES string of the molecule is Cc1cc(N2CCCCC2)nc(N2CCN(C(=O)c3cn(C)nn3)CC2)n1. The van der Waals surface area contributed by atoms with Crippen molar-refractivity contribution in [2.45, 2.75) is 26.2 Å². The molecular formula is C18H26N8O. The van der Waals surface area contributed by atoms with Gasteiger partial charge >= 0.3 is 0 Å². The fourth-order valence-electron chi connectivity index (χ4n) is 3.68. The van der Waals surface area contributed by atoms with Crippen LogP contribution in [0.1, 0.15) is 35.4 Å². The highest BCUT2D eigenvalue weighted by Gasteiger charge is 2.26. The first-order valence-corrected chi connectivity index (χ1v) is 9.61. The molecule has 0 bridgehead atoms. The molecule has 4 rings (SSSR count). The second-order valence-electron chi connectivity index (χ2n) is 7.27. The molecule has 27 heavy (non-hydrogen) atoms. The maximum absolute atomic E-state index is 12.5. The Morgan fingerprint density at radius 2 is 1.70 bits per heavy atom. The summed E-state index contributed by atoms with van der Waals surface area (Å²) in [6.07, 6.45) is 5.40. The van der Waals surface area contributed by atoms with Crippen LogP contribution in [0.3, 0.4) is 0 Å². The van der Waals surface area contributed by atoms with Crippen molar-refractivity contribution in [1.29, 1.82) is 0 Å². The Balaban J connectivity index is 1.43. The maximum atomic E-state index is 12.5. The van der Waals surface area contributed by atoms with E-state index in [1.165, 1.54) is 19.3 Å². The van der Waals surface area contributed by atoms with Gasteiger partial charge in [0.25, 0.3) is 5.91 Å². The largest absolute Gasteiger partial charge is 0.356 e. The minimum atomic E-state index is -0.0677. The van der Waals surface area contributed by atoms with Crippen molar-refractivity contribution in [1.82, 2.24) is 29.9 Å². The lowest BCUT2D eigenvalue weighted by atomic mass is 10.1. The summed E-state index contributed by atoms with van der Waals surface area (Å²) in [6.45, 7) is 6.85. The second kappa shape index (κ2) is 7.50. The van der Waals surface area contributed by atoms with E-state index in [1.54, 1.807) is 17.9 Å². The lowest BCUT2D eigenvalue weighted by Gasteiger charge is -2.35. The molecule has 0 aliphatic carbocycles. The molecule has 2 aliphatic rings. The van der Waals surface area contributed by atoms with Crippen LogP contribution in [0.2, 0.25) is 0 Å². The first kappa shape index (κ1) is 17.7. The molecule has 0 atom stereocenters. The Morgan fingerprint density at radius 3 is 2.37 bits per heavy atom. The number of amides is 1. The molecule has 2 aliphatic heterocycles. The molecule has 2 aromatic rings. The van der Waals surface area contributed by atoms with Gasteiger partial charge in [0.2, 0.25) is 5.95 Å². The molecule has 0 spiro atoms. The molecule has 0 radical (unpaired) electrons. The summed E-state index contributed by atoms with van der Waals surface area (Å²) >= 11 is 0. The summed E-state index contributed by atoms with van der Waals surface area (Å²) in [5.41, 5.74) is 1.38. The van der Waals surface area contributed by atoms with Gasteiger partial charge in [0, 0.05) is 58.1 Å². The molecular weight excluding hydrogens is 344 g/mol. The normalized spacial score (nSPS) is 18.1. The third-order valence-electron chi connectivity index (χ3n) is 5.18. The van der Waals surface area contributed by atoms with E-state index in [0.717, 1.165) is 43.6 Å². The lowest BCUT2D eigenvalue weighted by molar-refractivity contribution is 0.0740. The van der Waals surface area contributed by atoms with Crippen LogP contribution in [0, 0.1) is 6.92 Å². The van der Waals surface area contributed by atoms with Gasteiger partial charge in [-0.1, -0.05) is 5.21 Å². The predicted octanol–water partition coefficient (Wildman–Crippen LogP) is 0.866. The number of hydrogen-bond donors (Lipinski definition) is 0. The van der Waals surface area contributed by atoms with E-state index in [-0.39, 0.29) is 5.91 Å². The van der Waals surface area contributed by atoms with E-state index >= 15 is 0 Å². The van der Waals surface area contributed by atoms with E-state index in [0.29, 0.717) is 18.8 Å². The van der Waals surface area contributed by atoms with Gasteiger partial charge in [-0.2, -0.15) is 4.98 Å². The fraction of sp³-hybridized carbons (Fsp3) is 0.611. The minimum Gasteiger partial charge on any atom is -0.356 e. The number of aryl methyl sites for hydroxylation is 2. The zero-order valence-corrected chi connectivity index (χ0v) is 16.0. The predicted molar refractivity (Wildman–Crippen MR) is 102 cm³/mol. The second-order valence-corrected chi connectivity index (χ2v) is 7.27. The van der Waals surface area contributed by atoms with Crippen LogP contribution in [-0.2, 0) is 7.05 Å². The van der Waals surface area contributed by atoms with E-state index < -0.39 is 0 Å². The summed E-state index contributed by atoms with van der Waals surface area (Å²) in [5, 5.41) is 7.76. The van der Waals surface area contributed by atoms with Crippen molar-refractivity contribution in [3.05, 3.63) is 23.7 Å². The first-order valence-electron chi connectivity index (χ1n) is 9.61. The van der Waals surface area contributed by atoms with Crippen molar-refractivity contribution in [3.63, 3.8) is 0 Å². The van der Waals surface area contributed by atoms with Gasteiger partial charge < -0.3 is 14.7 Å². The van der Waals surface area contributed by atoms with Gasteiger partial charge in [-0.3, -0.25) is 9.48 Å². The number of carbonyl (C=O) groups excluding carboxylic acids is 1. The third kappa shape index (κ3) is 3.86. The Bertz CT molecular complexity index is 805. The summed E-state index contributed by atoms with van der Waals surface area (Å²) in [5.74, 6) is 1.72. The minimum absolute atomic E-state index is 0.0677. The zero-order chi connectivity index (χ0) is 18.8. The number of piperidine rings is 1. The number of rotatable bonds is 3. The molecule has 9 heteroatoms. The number of aromatic nitrogens is 5. The van der Waals surface area contributed by atoms with Crippen molar-refractivity contribution in [2.24, 2.45) is 7.05 Å². The van der Waals surface area contributed by atoms with Crippen molar-refractivity contribution < 1.29 is 4.79 Å². The van der Waals surface area contributed by atoms with E-state index in [4.69, 9.17) is 4.98 Å². The molecule has 144 valence electrons. The van der Waals surface area contributed by atoms with Gasteiger partial charge in [0.15, 0.2) is 5.69 Å². The molecule has 0 N–H and O–H groups in total. The molecule has 0 aromatic carbocycles. The highest BCUT2D eigenvalue weighted by Crippen LogP contribution is 2.22. The van der Waals surface area contributed by atoms with Crippen LogP contribution in [0.15, 0.2) is 12.3 Å². The number of anilines is 2. The molecule has 1 amide bonds. The zero-order valence-electron chi connectivity index (χ0n) is 16.0. The monoisotopic (exact) mass is 370 g/mol. The Labute approximate surface area is 159 Å². The lowest BCUT2D eigenvalue weighted by Crippen LogP contribution is -2.49. The van der Waals surface area contributed by atoms with Gasteiger partial charge in [0.05, 0.1) is 6.20 Å². The number of piperazine rings is 1. The van der Waals surface area contributed by atoms with Gasteiger partial charge in [-0.25, -0.2) is 4.98 Å². The molecule has 2 aromatic heterocycles. The van der Waals surface area contributed by atoms with Gasteiger partial charge in [-0.05, 0) is 26.2 Å². The van der Waals surface area contributed by atoms with E-state index in [1.807, 2.05) is 11.8 Å². The topological polar surface area (TPSA) is 83.3 Å². The first-order chi connectivity index (χ1) is 13.1. The fourth-order valence-corrected chi connectivity index (χ4v) is 3.68. The Morgan fingerprint density at radius 1 is 0.963 bits per heavy atom. The summed E-state index contributed by atoms with van der Waals surface area (Å²) < 4.78 is 1.55. The quantitative estimate of drug-likeness (QED) is 0.792. The molecule has 0 unspecified atom stereocenters. The standard InChI is InChI=1S/C18H26N8O/c1-14-12-16(24-6-4-3-5-7-24)20-18(19-14)26-10-8-25(9-11-26)17(27)15-13-23(2)22-21-15/h12-13H,3-11H2,1-2H3. The van der Waals surface area contributed by atoms with E-state index in [9.17, 15) is 4.79 Å². The maximum Gasteiger partial charge on any atom is 0.276 e. The van der Waals surface area contributed by atoms with Crippen molar-refractivity contribution >= 4 is 17.7 Å². The average Bonchev–Trinajstić information content (AvgIpc) is 3.14. The number of nitrogens with zero attached hydrogens (tertiary/aromatic N) is 8. The van der Waals surface area contributed by atoms with E-state index in [2.05, 4.69) is 31.2 Å². The summed E-state index contributed by atoms with van der Waals surface area (Å²) in [7, 11) is 1.76.